The molecular formula is C21H32N2O. The van der Waals surface area contributed by atoms with Gasteiger partial charge in [-0.15, -0.1) is 0 Å². The Morgan fingerprint density at radius 2 is 1.92 bits per heavy atom. The molecule has 1 aromatic heterocycles. The number of ether oxygens (including phenoxy) is 1. The van der Waals surface area contributed by atoms with Gasteiger partial charge >= 0.3 is 0 Å². The molecule has 2 aromatic rings. The van der Waals surface area contributed by atoms with E-state index in [1.54, 1.807) is 0 Å². The molecule has 132 valence electrons. The molecule has 1 atom stereocenters. The number of nitrogens with zero attached hydrogens (tertiary/aromatic N) is 2. The van der Waals surface area contributed by atoms with E-state index < -0.39 is 0 Å². The van der Waals surface area contributed by atoms with Crippen LogP contribution in [0.25, 0.3) is 10.8 Å². The fraction of sp³-hybridized carbons (Fsp3) is 0.571. The topological polar surface area (TPSA) is 25.4 Å². The number of aromatic nitrogens is 1. The van der Waals surface area contributed by atoms with Gasteiger partial charge in [0.05, 0.1) is 0 Å². The summed E-state index contributed by atoms with van der Waals surface area (Å²) in [4.78, 5) is 7.13. The largest absolute Gasteiger partial charge is 0.476 e. The minimum Gasteiger partial charge on any atom is -0.476 e. The maximum absolute atomic E-state index is 6.17. The molecule has 0 saturated heterocycles. The van der Waals surface area contributed by atoms with Crippen molar-refractivity contribution in [2.45, 2.75) is 65.5 Å². The normalized spacial score (nSPS) is 13.5. The van der Waals surface area contributed by atoms with Crippen LogP contribution in [-0.4, -0.2) is 35.1 Å². The van der Waals surface area contributed by atoms with Crippen LogP contribution in [0.15, 0.2) is 30.3 Å². The van der Waals surface area contributed by atoms with Gasteiger partial charge in [0.1, 0.15) is 6.61 Å². The predicted octanol–water partition coefficient (Wildman–Crippen LogP) is 5.08. The quantitative estimate of drug-likeness (QED) is 0.709. The van der Waals surface area contributed by atoms with Gasteiger partial charge in [0.2, 0.25) is 5.88 Å². The van der Waals surface area contributed by atoms with Gasteiger partial charge in [-0.05, 0) is 65.1 Å². The van der Waals surface area contributed by atoms with Gasteiger partial charge in [-0.1, -0.05) is 31.5 Å². The lowest BCUT2D eigenvalue weighted by atomic mass is 10.1. The van der Waals surface area contributed by atoms with Crippen molar-refractivity contribution in [3.8, 4) is 5.88 Å². The number of hydrogen-bond acceptors (Lipinski definition) is 3. The third-order valence-corrected chi connectivity index (χ3v) is 4.73. The van der Waals surface area contributed by atoms with Gasteiger partial charge in [0, 0.05) is 22.7 Å². The first-order valence-electron chi connectivity index (χ1n) is 9.07. The monoisotopic (exact) mass is 328 g/mol. The SMILES string of the molecule is CCCCc1cc2ccccc2c(OCC(C)N(C)C(C)(C)C)n1. The highest BCUT2D eigenvalue weighted by atomic mass is 16.5. The molecule has 2 rings (SSSR count). The molecule has 0 amide bonds. The van der Waals surface area contributed by atoms with Crippen LogP contribution in [0.1, 0.15) is 53.2 Å². The number of pyridine rings is 1. The number of hydrogen-bond donors (Lipinski definition) is 0. The van der Waals surface area contributed by atoms with Crippen LogP contribution in [0.2, 0.25) is 0 Å². The van der Waals surface area contributed by atoms with Gasteiger partial charge in [-0.25, -0.2) is 4.98 Å². The second-order valence-corrected chi connectivity index (χ2v) is 7.69. The first-order valence-corrected chi connectivity index (χ1v) is 9.07. The molecule has 0 N–H and O–H groups in total. The highest BCUT2D eigenvalue weighted by Crippen LogP contribution is 2.26. The van der Waals surface area contributed by atoms with Gasteiger partial charge in [-0.3, -0.25) is 4.90 Å². The van der Waals surface area contributed by atoms with Crippen molar-refractivity contribution in [1.29, 1.82) is 0 Å². The molecule has 1 aromatic carbocycles. The minimum absolute atomic E-state index is 0.126. The molecule has 1 unspecified atom stereocenters. The summed E-state index contributed by atoms with van der Waals surface area (Å²) < 4.78 is 6.17. The first kappa shape index (κ1) is 18.7. The number of aryl methyl sites for hydroxylation is 1. The van der Waals surface area contributed by atoms with Gasteiger partial charge < -0.3 is 4.74 Å². The highest BCUT2D eigenvalue weighted by Gasteiger charge is 2.22. The first-order chi connectivity index (χ1) is 11.3. The van der Waals surface area contributed by atoms with Crippen molar-refractivity contribution in [2.24, 2.45) is 0 Å². The van der Waals surface area contributed by atoms with Crippen molar-refractivity contribution < 1.29 is 4.74 Å². The van der Waals surface area contributed by atoms with Crippen molar-refractivity contribution in [3.63, 3.8) is 0 Å². The summed E-state index contributed by atoms with van der Waals surface area (Å²) in [5.74, 6) is 0.772. The van der Waals surface area contributed by atoms with Gasteiger partial charge in [0.15, 0.2) is 0 Å². The molecule has 0 saturated carbocycles. The van der Waals surface area contributed by atoms with E-state index in [0.29, 0.717) is 12.6 Å². The molecule has 0 aliphatic carbocycles. The maximum atomic E-state index is 6.17. The smallest absolute Gasteiger partial charge is 0.221 e. The lowest BCUT2D eigenvalue weighted by molar-refractivity contribution is 0.0890. The third-order valence-electron chi connectivity index (χ3n) is 4.73. The fourth-order valence-corrected chi connectivity index (χ4v) is 2.79. The summed E-state index contributed by atoms with van der Waals surface area (Å²) in [6, 6.07) is 10.9. The summed E-state index contributed by atoms with van der Waals surface area (Å²) in [5.41, 5.74) is 1.25. The second kappa shape index (κ2) is 7.98. The summed E-state index contributed by atoms with van der Waals surface area (Å²) in [7, 11) is 2.15. The molecule has 24 heavy (non-hydrogen) atoms. The zero-order valence-corrected chi connectivity index (χ0v) is 16.1. The highest BCUT2D eigenvalue weighted by molar-refractivity contribution is 5.87. The second-order valence-electron chi connectivity index (χ2n) is 7.69. The molecular weight excluding hydrogens is 296 g/mol. The van der Waals surface area contributed by atoms with E-state index >= 15 is 0 Å². The van der Waals surface area contributed by atoms with Crippen LogP contribution in [0.4, 0.5) is 0 Å². The lowest BCUT2D eigenvalue weighted by Gasteiger charge is -2.36. The van der Waals surface area contributed by atoms with Crippen LogP contribution in [0.3, 0.4) is 0 Å². The molecule has 0 radical (unpaired) electrons. The summed E-state index contributed by atoms with van der Waals surface area (Å²) in [5, 5.41) is 2.31. The van der Waals surface area contributed by atoms with Crippen LogP contribution >= 0.6 is 0 Å². The number of likely N-dealkylation sites (N-methyl/N-ethyl adjacent to an activating group) is 1. The van der Waals surface area contributed by atoms with E-state index in [0.717, 1.165) is 29.8 Å². The number of benzene rings is 1. The minimum atomic E-state index is 0.126. The Balaban J connectivity index is 2.20. The van der Waals surface area contributed by atoms with E-state index in [2.05, 4.69) is 70.8 Å². The zero-order chi connectivity index (χ0) is 17.7. The molecule has 0 bridgehead atoms. The average Bonchev–Trinajstić information content (AvgIpc) is 2.55. The predicted molar refractivity (Wildman–Crippen MR) is 103 cm³/mol. The van der Waals surface area contributed by atoms with Crippen molar-refractivity contribution in [3.05, 3.63) is 36.0 Å². The Morgan fingerprint density at radius 3 is 2.58 bits per heavy atom. The van der Waals surface area contributed by atoms with Crippen LogP contribution < -0.4 is 4.74 Å². The molecule has 3 nitrogen and oxygen atoms in total. The number of fused-ring (bicyclic) bond motifs is 1. The van der Waals surface area contributed by atoms with Crippen molar-refractivity contribution >= 4 is 10.8 Å². The van der Waals surface area contributed by atoms with Crippen molar-refractivity contribution in [1.82, 2.24) is 9.88 Å². The molecule has 0 aliphatic heterocycles. The zero-order valence-electron chi connectivity index (χ0n) is 16.1. The Kier molecular flexibility index (Phi) is 6.22. The molecule has 1 heterocycles. The van der Waals surface area contributed by atoms with Gasteiger partial charge in [-0.2, -0.15) is 0 Å². The molecule has 0 spiro atoms. The summed E-state index contributed by atoms with van der Waals surface area (Å²) >= 11 is 0. The van der Waals surface area contributed by atoms with E-state index in [9.17, 15) is 0 Å². The van der Waals surface area contributed by atoms with E-state index in [-0.39, 0.29) is 5.54 Å². The van der Waals surface area contributed by atoms with Crippen LogP contribution in [-0.2, 0) is 6.42 Å². The maximum Gasteiger partial charge on any atom is 0.221 e. The van der Waals surface area contributed by atoms with Gasteiger partial charge in [0.25, 0.3) is 0 Å². The van der Waals surface area contributed by atoms with E-state index in [1.165, 1.54) is 11.8 Å². The lowest BCUT2D eigenvalue weighted by Crippen LogP contribution is -2.46. The van der Waals surface area contributed by atoms with Crippen LogP contribution in [0, 0.1) is 0 Å². The van der Waals surface area contributed by atoms with E-state index in [4.69, 9.17) is 9.72 Å². The third kappa shape index (κ3) is 4.70. The molecule has 0 fully saturated rings. The van der Waals surface area contributed by atoms with E-state index in [1.807, 2.05) is 6.07 Å². The summed E-state index contributed by atoms with van der Waals surface area (Å²) in [6.07, 6.45) is 3.35. The standard InChI is InChI=1S/C21H32N2O/c1-7-8-12-18-14-17-11-9-10-13-19(17)20(22-18)24-15-16(2)23(6)21(3,4)5/h9-11,13-14,16H,7-8,12,15H2,1-6H3. The number of rotatable bonds is 7. The Morgan fingerprint density at radius 1 is 1.21 bits per heavy atom. The average molecular weight is 329 g/mol. The Labute approximate surface area is 147 Å². The Bertz CT molecular complexity index is 660. The summed E-state index contributed by atoms with van der Waals surface area (Å²) in [6.45, 7) is 11.7. The fourth-order valence-electron chi connectivity index (χ4n) is 2.79. The van der Waals surface area contributed by atoms with Crippen molar-refractivity contribution in [2.75, 3.05) is 13.7 Å². The number of unbranched alkanes of at least 4 members (excludes halogenated alkanes) is 1. The molecule has 3 heteroatoms. The molecule has 0 aliphatic rings. The Hall–Kier alpha value is -1.61. The van der Waals surface area contributed by atoms with Crippen LogP contribution in [0.5, 0.6) is 5.88 Å².